The highest BCUT2D eigenvalue weighted by Gasteiger charge is 2.23. The van der Waals surface area contributed by atoms with Gasteiger partial charge in [-0.25, -0.2) is 0 Å². The second kappa shape index (κ2) is 8.87. The fraction of sp³-hybridized carbons (Fsp3) is 0.556. The van der Waals surface area contributed by atoms with E-state index < -0.39 is 6.10 Å². The van der Waals surface area contributed by atoms with Gasteiger partial charge in [0.25, 0.3) is 5.91 Å². The quantitative estimate of drug-likeness (QED) is 0.652. The van der Waals surface area contributed by atoms with E-state index in [0.29, 0.717) is 22.5 Å². The Morgan fingerprint density at radius 3 is 2.92 bits per heavy atom. The summed E-state index contributed by atoms with van der Waals surface area (Å²) in [6.07, 6.45) is 4.39. The first kappa shape index (κ1) is 18.5. The van der Waals surface area contributed by atoms with E-state index in [1.54, 1.807) is 6.92 Å². The van der Waals surface area contributed by atoms with Crippen molar-refractivity contribution < 1.29 is 9.53 Å². The van der Waals surface area contributed by atoms with E-state index in [1.807, 2.05) is 18.2 Å². The molecule has 1 heterocycles. The number of hydrogen-bond acceptors (Lipinski definition) is 3. The van der Waals surface area contributed by atoms with Crippen molar-refractivity contribution in [2.75, 3.05) is 17.2 Å². The largest absolute Gasteiger partial charge is 0.479 e. The van der Waals surface area contributed by atoms with Crippen molar-refractivity contribution in [3.8, 4) is 5.75 Å². The lowest BCUT2D eigenvalue weighted by Crippen LogP contribution is -2.35. The molecule has 2 atom stereocenters. The molecule has 132 valence electrons. The number of carbonyl (C=O) groups is 1. The molecule has 2 rings (SSSR count). The predicted molar refractivity (Wildman–Crippen MR) is 103 cm³/mol. The van der Waals surface area contributed by atoms with Gasteiger partial charge >= 0.3 is 0 Å². The molecule has 0 saturated carbocycles. The molecule has 0 fully saturated rings. The summed E-state index contributed by atoms with van der Waals surface area (Å²) in [5.74, 6) is 1.18. The van der Waals surface area contributed by atoms with Crippen molar-refractivity contribution in [1.82, 2.24) is 5.32 Å². The summed E-state index contributed by atoms with van der Waals surface area (Å²) in [5.41, 5.74) is 1.49. The zero-order chi connectivity index (χ0) is 17.5. The fourth-order valence-electron chi connectivity index (χ4n) is 2.64. The molecule has 24 heavy (non-hydrogen) atoms. The topological polar surface area (TPSA) is 62.4 Å². The van der Waals surface area contributed by atoms with Gasteiger partial charge in [-0.2, -0.15) is 0 Å². The highest BCUT2D eigenvalue weighted by Crippen LogP contribution is 2.32. The number of thiocarbonyl (C=S) groups is 1. The van der Waals surface area contributed by atoms with Crippen LogP contribution in [0.2, 0.25) is 0 Å². The molecule has 6 heteroatoms. The summed E-state index contributed by atoms with van der Waals surface area (Å²) in [5, 5.41) is 9.89. The number of unbranched alkanes of at least 4 members (excludes halogenated alkanes) is 1. The van der Waals surface area contributed by atoms with Crippen LogP contribution in [0, 0.1) is 5.92 Å². The number of anilines is 2. The fourth-order valence-corrected chi connectivity index (χ4v) is 2.84. The molecular weight excluding hydrogens is 322 g/mol. The van der Waals surface area contributed by atoms with E-state index in [2.05, 4.69) is 29.8 Å². The second-order valence-electron chi connectivity index (χ2n) is 6.21. The number of rotatable bonds is 7. The molecule has 0 aromatic heterocycles. The Morgan fingerprint density at radius 2 is 2.21 bits per heavy atom. The van der Waals surface area contributed by atoms with Gasteiger partial charge in [0.05, 0.1) is 5.69 Å². The standard InChI is InChI=1S/C18H27N3O2S/c1-4-6-7-13(5-2)11-19-18(24)20-14-8-9-16-15(10-14)21-17(22)12(3)23-16/h8-10,12-13H,4-7,11H2,1-3H3,(H,21,22)(H2,19,20,24)/t12-,13+/m1/s1. The highest BCUT2D eigenvalue weighted by atomic mass is 32.1. The van der Waals surface area contributed by atoms with Gasteiger partial charge in [-0.15, -0.1) is 0 Å². The molecule has 3 N–H and O–H groups in total. The van der Waals surface area contributed by atoms with Gasteiger partial charge < -0.3 is 20.7 Å². The third-order valence-electron chi connectivity index (χ3n) is 4.26. The smallest absolute Gasteiger partial charge is 0.265 e. The molecule has 0 saturated heterocycles. The summed E-state index contributed by atoms with van der Waals surface area (Å²) < 4.78 is 5.55. The summed E-state index contributed by atoms with van der Waals surface area (Å²) in [7, 11) is 0. The van der Waals surface area contributed by atoms with Gasteiger partial charge in [-0.05, 0) is 49.7 Å². The minimum Gasteiger partial charge on any atom is -0.479 e. The number of fused-ring (bicyclic) bond motifs is 1. The van der Waals surface area contributed by atoms with Crippen LogP contribution in [-0.4, -0.2) is 23.7 Å². The van der Waals surface area contributed by atoms with Crippen LogP contribution in [0.15, 0.2) is 18.2 Å². The number of benzene rings is 1. The molecule has 0 radical (unpaired) electrons. The lowest BCUT2D eigenvalue weighted by atomic mass is 9.99. The van der Waals surface area contributed by atoms with Crippen LogP contribution in [-0.2, 0) is 4.79 Å². The van der Waals surface area contributed by atoms with Crippen molar-refractivity contribution in [1.29, 1.82) is 0 Å². The van der Waals surface area contributed by atoms with E-state index in [0.717, 1.165) is 18.7 Å². The highest BCUT2D eigenvalue weighted by molar-refractivity contribution is 7.80. The van der Waals surface area contributed by atoms with Gasteiger partial charge in [-0.1, -0.05) is 33.1 Å². The van der Waals surface area contributed by atoms with Crippen LogP contribution >= 0.6 is 12.2 Å². The van der Waals surface area contributed by atoms with Gasteiger partial charge in [0.15, 0.2) is 11.2 Å². The Kier molecular flexibility index (Phi) is 6.85. The van der Waals surface area contributed by atoms with Crippen molar-refractivity contribution in [3.05, 3.63) is 18.2 Å². The number of amides is 1. The first-order valence-corrected chi connectivity index (χ1v) is 9.10. The Morgan fingerprint density at radius 1 is 1.42 bits per heavy atom. The first-order valence-electron chi connectivity index (χ1n) is 8.69. The van der Waals surface area contributed by atoms with Gasteiger partial charge in [0.1, 0.15) is 5.75 Å². The minimum absolute atomic E-state index is 0.137. The zero-order valence-electron chi connectivity index (χ0n) is 14.6. The second-order valence-corrected chi connectivity index (χ2v) is 6.62. The zero-order valence-corrected chi connectivity index (χ0v) is 15.5. The third-order valence-corrected chi connectivity index (χ3v) is 4.51. The Labute approximate surface area is 149 Å². The van der Waals surface area contributed by atoms with Gasteiger partial charge in [0, 0.05) is 12.2 Å². The molecule has 0 unspecified atom stereocenters. The minimum atomic E-state index is -0.465. The van der Waals surface area contributed by atoms with Crippen LogP contribution in [0.5, 0.6) is 5.75 Å². The predicted octanol–water partition coefficient (Wildman–Crippen LogP) is 3.91. The molecule has 0 aliphatic carbocycles. The van der Waals surface area contributed by atoms with Gasteiger partial charge in [-0.3, -0.25) is 4.79 Å². The number of nitrogens with one attached hydrogen (secondary N) is 3. The maximum atomic E-state index is 11.7. The lowest BCUT2D eigenvalue weighted by molar-refractivity contribution is -0.122. The lowest BCUT2D eigenvalue weighted by Gasteiger charge is -2.24. The molecule has 5 nitrogen and oxygen atoms in total. The van der Waals surface area contributed by atoms with Crippen LogP contribution in [0.1, 0.15) is 46.5 Å². The van der Waals surface area contributed by atoms with E-state index >= 15 is 0 Å². The summed E-state index contributed by atoms with van der Waals surface area (Å²) >= 11 is 5.37. The number of hydrogen-bond donors (Lipinski definition) is 3. The molecule has 0 spiro atoms. The average Bonchev–Trinajstić information content (AvgIpc) is 2.56. The first-order chi connectivity index (χ1) is 11.5. The Bertz CT molecular complexity index is 592. The van der Waals surface area contributed by atoms with Crippen molar-refractivity contribution in [3.63, 3.8) is 0 Å². The van der Waals surface area contributed by atoms with E-state index in [4.69, 9.17) is 17.0 Å². The molecular formula is C18H27N3O2S. The Balaban J connectivity index is 1.88. The SMILES string of the molecule is CCCC[C@H](CC)CNC(=S)Nc1ccc2c(c1)NC(=O)[C@@H](C)O2. The monoisotopic (exact) mass is 349 g/mol. The Hall–Kier alpha value is -1.82. The van der Waals surface area contributed by atoms with Crippen LogP contribution < -0.4 is 20.7 Å². The van der Waals surface area contributed by atoms with Crippen LogP contribution in [0.3, 0.4) is 0 Å². The molecule has 1 aliphatic heterocycles. The molecule has 1 aromatic rings. The maximum Gasteiger partial charge on any atom is 0.265 e. The number of carbonyl (C=O) groups excluding carboxylic acids is 1. The van der Waals surface area contributed by atoms with Crippen molar-refractivity contribution >= 4 is 34.6 Å². The van der Waals surface area contributed by atoms with E-state index in [9.17, 15) is 4.79 Å². The molecule has 1 aromatic carbocycles. The summed E-state index contributed by atoms with van der Waals surface area (Å²) in [4.78, 5) is 11.7. The van der Waals surface area contributed by atoms with E-state index in [1.165, 1.54) is 19.3 Å². The normalized spacial score (nSPS) is 17.3. The van der Waals surface area contributed by atoms with Crippen molar-refractivity contribution in [2.24, 2.45) is 5.92 Å². The van der Waals surface area contributed by atoms with E-state index in [-0.39, 0.29) is 5.91 Å². The average molecular weight is 350 g/mol. The molecule has 1 aliphatic rings. The summed E-state index contributed by atoms with van der Waals surface area (Å²) in [6.45, 7) is 7.04. The van der Waals surface area contributed by atoms with Crippen LogP contribution in [0.25, 0.3) is 0 Å². The third kappa shape index (κ3) is 5.09. The van der Waals surface area contributed by atoms with Gasteiger partial charge in [0.2, 0.25) is 0 Å². The van der Waals surface area contributed by atoms with Crippen LogP contribution in [0.4, 0.5) is 11.4 Å². The van der Waals surface area contributed by atoms with Crippen molar-refractivity contribution in [2.45, 2.75) is 52.6 Å². The molecule has 1 amide bonds. The number of ether oxygens (including phenoxy) is 1. The maximum absolute atomic E-state index is 11.7. The molecule has 0 bridgehead atoms. The summed E-state index contributed by atoms with van der Waals surface area (Å²) in [6, 6.07) is 5.57.